The molecule has 2 heterocycles. The first-order valence-electron chi connectivity index (χ1n) is 6.41. The van der Waals surface area contributed by atoms with Gasteiger partial charge in [-0.05, 0) is 36.8 Å². The summed E-state index contributed by atoms with van der Waals surface area (Å²) in [6.07, 6.45) is 4.24. The third-order valence-electron chi connectivity index (χ3n) is 3.10. The maximum Gasteiger partial charge on any atom is 0.153 e. The molecule has 0 atom stereocenters. The van der Waals surface area contributed by atoms with E-state index in [0.29, 0.717) is 17.1 Å². The van der Waals surface area contributed by atoms with Crippen LogP contribution in [0, 0.1) is 6.92 Å². The Morgan fingerprint density at radius 1 is 1.24 bits per heavy atom. The van der Waals surface area contributed by atoms with Gasteiger partial charge in [0, 0.05) is 22.4 Å². The molecule has 21 heavy (non-hydrogen) atoms. The van der Waals surface area contributed by atoms with Crippen molar-refractivity contribution in [1.29, 1.82) is 0 Å². The van der Waals surface area contributed by atoms with Gasteiger partial charge in [-0.15, -0.1) is 0 Å². The van der Waals surface area contributed by atoms with Crippen LogP contribution in [-0.4, -0.2) is 21.1 Å². The number of pyridine rings is 1. The molecule has 4 nitrogen and oxygen atoms in total. The van der Waals surface area contributed by atoms with Crippen molar-refractivity contribution in [2.75, 3.05) is 0 Å². The maximum atomic E-state index is 11.3. The molecule has 1 aromatic carbocycles. The van der Waals surface area contributed by atoms with Gasteiger partial charge >= 0.3 is 0 Å². The molecule has 3 aromatic rings. The molecule has 0 aliphatic heterocycles. The van der Waals surface area contributed by atoms with E-state index in [0.717, 1.165) is 21.9 Å². The lowest BCUT2D eigenvalue weighted by atomic mass is 10.1. The van der Waals surface area contributed by atoms with Gasteiger partial charge in [0.2, 0.25) is 0 Å². The predicted molar refractivity (Wildman–Crippen MR) is 84.6 cm³/mol. The van der Waals surface area contributed by atoms with E-state index in [-0.39, 0.29) is 0 Å². The molecule has 5 heteroatoms. The fraction of sp³-hybridized carbons (Fsp3) is 0.0625. The Morgan fingerprint density at radius 2 is 2.10 bits per heavy atom. The zero-order chi connectivity index (χ0) is 14.8. The monoisotopic (exact) mass is 341 g/mol. The van der Waals surface area contributed by atoms with Gasteiger partial charge in [0.1, 0.15) is 5.69 Å². The van der Waals surface area contributed by atoms with E-state index < -0.39 is 0 Å². The lowest BCUT2D eigenvalue weighted by molar-refractivity contribution is 0.112. The molecule has 0 amide bonds. The van der Waals surface area contributed by atoms with Gasteiger partial charge < -0.3 is 0 Å². The van der Waals surface area contributed by atoms with Crippen LogP contribution in [0.3, 0.4) is 0 Å². The Hall–Kier alpha value is -2.27. The predicted octanol–water partition coefficient (Wildman–Crippen LogP) is 3.82. The molecule has 0 saturated carbocycles. The van der Waals surface area contributed by atoms with Crippen LogP contribution in [0.15, 0.2) is 53.3 Å². The number of carbonyl (C=O) groups is 1. The van der Waals surface area contributed by atoms with Crippen LogP contribution in [0.4, 0.5) is 0 Å². The second-order valence-corrected chi connectivity index (χ2v) is 5.61. The first-order chi connectivity index (χ1) is 10.2. The average molecular weight is 342 g/mol. The van der Waals surface area contributed by atoms with Crippen LogP contribution in [0.25, 0.3) is 17.1 Å². The molecule has 104 valence electrons. The van der Waals surface area contributed by atoms with Crippen LogP contribution >= 0.6 is 15.9 Å². The fourth-order valence-corrected chi connectivity index (χ4v) is 2.50. The number of nitrogens with zero attached hydrogens (tertiary/aromatic N) is 3. The molecular formula is C16H12BrN3O. The average Bonchev–Trinajstić information content (AvgIpc) is 2.91. The summed E-state index contributed by atoms with van der Waals surface area (Å²) in [5, 5.41) is 4.51. The van der Waals surface area contributed by atoms with Crippen LogP contribution in [-0.2, 0) is 0 Å². The number of rotatable bonds is 3. The van der Waals surface area contributed by atoms with E-state index in [4.69, 9.17) is 0 Å². The highest BCUT2D eigenvalue weighted by Crippen LogP contribution is 2.25. The van der Waals surface area contributed by atoms with Crippen molar-refractivity contribution in [2.45, 2.75) is 6.92 Å². The van der Waals surface area contributed by atoms with Gasteiger partial charge in [-0.1, -0.05) is 28.1 Å². The fourth-order valence-electron chi connectivity index (χ4n) is 2.10. The van der Waals surface area contributed by atoms with Gasteiger partial charge in [-0.25, -0.2) is 9.67 Å². The summed E-state index contributed by atoms with van der Waals surface area (Å²) in [5.74, 6) is 0.694. The molecule has 0 fully saturated rings. The first-order valence-corrected chi connectivity index (χ1v) is 7.20. The summed E-state index contributed by atoms with van der Waals surface area (Å²) >= 11 is 3.43. The molecule has 2 aromatic heterocycles. The number of aromatic nitrogens is 3. The summed E-state index contributed by atoms with van der Waals surface area (Å²) in [7, 11) is 0. The Labute approximate surface area is 130 Å². The molecule has 0 unspecified atom stereocenters. The van der Waals surface area contributed by atoms with Crippen molar-refractivity contribution < 1.29 is 4.79 Å². The third-order valence-corrected chi connectivity index (χ3v) is 3.60. The van der Waals surface area contributed by atoms with Crippen molar-refractivity contribution in [3.63, 3.8) is 0 Å². The molecule has 0 spiro atoms. The molecule has 0 aliphatic rings. The first kappa shape index (κ1) is 13.7. The molecule has 3 rings (SSSR count). The highest BCUT2D eigenvalue weighted by atomic mass is 79.9. The number of carbonyl (C=O) groups excluding carboxylic acids is 1. The van der Waals surface area contributed by atoms with Crippen LogP contribution in [0.1, 0.15) is 15.9 Å². The zero-order valence-corrected chi connectivity index (χ0v) is 12.9. The minimum atomic E-state index is 0.538. The molecule has 0 N–H and O–H groups in total. The summed E-state index contributed by atoms with van der Waals surface area (Å²) in [6.45, 7) is 1.99. The third kappa shape index (κ3) is 2.78. The topological polar surface area (TPSA) is 47.8 Å². The van der Waals surface area contributed by atoms with Gasteiger partial charge in [-0.3, -0.25) is 4.79 Å². The van der Waals surface area contributed by atoms with Crippen molar-refractivity contribution in [3.05, 3.63) is 64.4 Å². The Morgan fingerprint density at radius 3 is 2.81 bits per heavy atom. The lowest BCUT2D eigenvalue weighted by Crippen LogP contribution is -1.98. The minimum Gasteiger partial charge on any atom is -0.298 e. The standard InChI is InChI=1S/C16H12BrN3O/c1-11-5-6-18-15(7-11)20-9-13(10-21)16(19-20)12-3-2-4-14(17)8-12/h2-10H,1H3. The number of hydrogen-bond donors (Lipinski definition) is 0. The van der Waals surface area contributed by atoms with E-state index in [1.54, 1.807) is 17.1 Å². The second-order valence-electron chi connectivity index (χ2n) is 4.70. The number of hydrogen-bond acceptors (Lipinski definition) is 3. The summed E-state index contributed by atoms with van der Waals surface area (Å²) < 4.78 is 2.58. The van der Waals surface area contributed by atoms with E-state index in [1.165, 1.54) is 0 Å². The van der Waals surface area contributed by atoms with Crippen molar-refractivity contribution in [1.82, 2.24) is 14.8 Å². The van der Waals surface area contributed by atoms with E-state index in [9.17, 15) is 4.79 Å². The number of aldehydes is 1. The Balaban J connectivity index is 2.13. The highest BCUT2D eigenvalue weighted by molar-refractivity contribution is 9.10. The number of aryl methyl sites for hydroxylation is 1. The summed E-state index contributed by atoms with van der Waals surface area (Å²) in [5.41, 5.74) is 3.16. The molecule has 0 radical (unpaired) electrons. The van der Waals surface area contributed by atoms with Gasteiger partial charge in [0.05, 0.1) is 5.56 Å². The Bertz CT molecular complexity index is 811. The van der Waals surface area contributed by atoms with Crippen LogP contribution < -0.4 is 0 Å². The number of benzene rings is 1. The summed E-state index contributed by atoms with van der Waals surface area (Å²) in [6, 6.07) is 11.5. The molecule has 0 aliphatic carbocycles. The van der Waals surface area contributed by atoms with Gasteiger partial charge in [0.25, 0.3) is 0 Å². The normalized spacial score (nSPS) is 10.6. The van der Waals surface area contributed by atoms with Crippen LogP contribution in [0.2, 0.25) is 0 Å². The molecule has 0 saturated heterocycles. The minimum absolute atomic E-state index is 0.538. The zero-order valence-electron chi connectivity index (χ0n) is 11.3. The van der Waals surface area contributed by atoms with Crippen LogP contribution in [0.5, 0.6) is 0 Å². The largest absolute Gasteiger partial charge is 0.298 e. The van der Waals surface area contributed by atoms with Gasteiger partial charge in [-0.2, -0.15) is 5.10 Å². The highest BCUT2D eigenvalue weighted by Gasteiger charge is 2.12. The maximum absolute atomic E-state index is 11.3. The quantitative estimate of drug-likeness (QED) is 0.680. The molecule has 0 bridgehead atoms. The summed E-state index contributed by atoms with van der Waals surface area (Å²) in [4.78, 5) is 15.6. The van der Waals surface area contributed by atoms with E-state index >= 15 is 0 Å². The SMILES string of the molecule is Cc1ccnc(-n2cc(C=O)c(-c3cccc(Br)c3)n2)c1. The molecular weight excluding hydrogens is 330 g/mol. The van der Waals surface area contributed by atoms with Gasteiger partial charge in [0.15, 0.2) is 12.1 Å². The van der Waals surface area contributed by atoms with Crippen molar-refractivity contribution in [2.24, 2.45) is 0 Å². The van der Waals surface area contributed by atoms with E-state index in [1.807, 2.05) is 43.3 Å². The van der Waals surface area contributed by atoms with Crippen molar-refractivity contribution in [3.8, 4) is 17.1 Å². The smallest absolute Gasteiger partial charge is 0.153 e. The lowest BCUT2D eigenvalue weighted by Gasteiger charge is -2.01. The Kier molecular flexibility index (Phi) is 3.66. The van der Waals surface area contributed by atoms with E-state index in [2.05, 4.69) is 26.0 Å². The number of halogens is 1. The second kappa shape index (κ2) is 5.61. The van der Waals surface area contributed by atoms with Crippen molar-refractivity contribution >= 4 is 22.2 Å².